The van der Waals surface area contributed by atoms with Gasteiger partial charge in [0.25, 0.3) is 0 Å². The van der Waals surface area contributed by atoms with Crippen molar-refractivity contribution in [3.8, 4) is 23.1 Å². The zero-order valence-electron chi connectivity index (χ0n) is 19.6. The molecule has 0 saturated carbocycles. The average Bonchev–Trinajstić information content (AvgIpc) is 3.15. The molecule has 0 aliphatic rings. The van der Waals surface area contributed by atoms with E-state index in [2.05, 4.69) is 26.6 Å². The summed E-state index contributed by atoms with van der Waals surface area (Å²) >= 11 is 0. The summed E-state index contributed by atoms with van der Waals surface area (Å²) in [6.07, 6.45) is 0. The molecule has 0 fully saturated rings. The molecule has 3 N–H and O–H groups in total. The van der Waals surface area contributed by atoms with Crippen LogP contribution in [0.2, 0.25) is 0 Å². The highest BCUT2D eigenvalue weighted by atomic mass is 16.5. The smallest absolute Gasteiger partial charge is 0.319 e. The van der Waals surface area contributed by atoms with Crippen LogP contribution in [-0.2, 0) is 4.74 Å². The van der Waals surface area contributed by atoms with Gasteiger partial charge in [0.2, 0.25) is 0 Å². The van der Waals surface area contributed by atoms with E-state index >= 15 is 0 Å². The summed E-state index contributed by atoms with van der Waals surface area (Å²) in [5.74, 6) is 0.746. The minimum absolute atomic E-state index is 0.0549. The number of hydrogen-bond donors (Lipinski definition) is 3. The predicted octanol–water partition coefficient (Wildman–Crippen LogP) is 4.19. The maximum atomic E-state index is 11.9. The lowest BCUT2D eigenvalue weighted by Gasteiger charge is -2.16. The molecule has 3 aromatic rings. The quantitative estimate of drug-likeness (QED) is 0.431. The number of carbonyl (C=O) groups excluding carboxylic acids is 1. The van der Waals surface area contributed by atoms with Crippen LogP contribution in [0.3, 0.4) is 0 Å². The number of urea groups is 1. The van der Waals surface area contributed by atoms with Crippen molar-refractivity contribution in [1.29, 1.82) is 5.26 Å². The first-order valence-electron chi connectivity index (χ1n) is 10.9. The Morgan fingerprint density at radius 2 is 1.88 bits per heavy atom. The Hall–Kier alpha value is -3.54. The molecule has 0 saturated heterocycles. The number of H-pyrrole nitrogens is 1. The molecule has 8 nitrogen and oxygen atoms in total. The Bertz CT molecular complexity index is 1120. The van der Waals surface area contributed by atoms with Crippen molar-refractivity contribution < 1.29 is 14.3 Å². The summed E-state index contributed by atoms with van der Waals surface area (Å²) in [6, 6.07) is 15.2. The number of ether oxygens (including phenoxy) is 2. The van der Waals surface area contributed by atoms with Crippen LogP contribution in [-0.4, -0.2) is 62.4 Å². The van der Waals surface area contributed by atoms with Gasteiger partial charge in [-0.15, -0.1) is 0 Å². The van der Waals surface area contributed by atoms with Gasteiger partial charge in [-0.2, -0.15) is 5.26 Å². The number of fused-ring (bicyclic) bond motifs is 1. The number of carbonyl (C=O) groups is 1. The second-order valence-corrected chi connectivity index (χ2v) is 8.17. The van der Waals surface area contributed by atoms with E-state index in [4.69, 9.17) is 9.47 Å². The summed E-state index contributed by atoms with van der Waals surface area (Å²) in [7, 11) is 3.72. The van der Waals surface area contributed by atoms with E-state index < -0.39 is 0 Å². The molecule has 3 rings (SSSR count). The summed E-state index contributed by atoms with van der Waals surface area (Å²) in [5.41, 5.74) is 3.69. The van der Waals surface area contributed by atoms with Crippen molar-refractivity contribution in [2.24, 2.45) is 0 Å². The van der Waals surface area contributed by atoms with E-state index in [1.54, 1.807) is 7.11 Å². The predicted molar refractivity (Wildman–Crippen MR) is 131 cm³/mol. The van der Waals surface area contributed by atoms with E-state index in [1.165, 1.54) is 0 Å². The highest BCUT2D eigenvalue weighted by Crippen LogP contribution is 2.32. The number of nitrogens with zero attached hydrogens (tertiary/aromatic N) is 2. The van der Waals surface area contributed by atoms with Gasteiger partial charge in [0.15, 0.2) is 0 Å². The second-order valence-electron chi connectivity index (χ2n) is 8.17. The van der Waals surface area contributed by atoms with Crippen LogP contribution >= 0.6 is 0 Å². The minimum Gasteiger partial charge on any atom is -0.492 e. The fourth-order valence-corrected chi connectivity index (χ4v) is 3.43. The fraction of sp³-hybridized carbons (Fsp3) is 0.360. The number of methoxy groups -OCH3 is 1. The molecular weight excluding hydrogens is 418 g/mol. The Morgan fingerprint density at radius 3 is 2.55 bits per heavy atom. The molecule has 0 unspecified atom stereocenters. The highest BCUT2D eigenvalue weighted by Gasteiger charge is 2.14. The highest BCUT2D eigenvalue weighted by molar-refractivity contribution is 5.95. The first-order chi connectivity index (χ1) is 15.9. The number of amides is 2. The van der Waals surface area contributed by atoms with Crippen molar-refractivity contribution in [1.82, 2.24) is 15.2 Å². The molecule has 2 aromatic carbocycles. The van der Waals surface area contributed by atoms with Gasteiger partial charge in [-0.05, 0) is 50.7 Å². The molecule has 0 aliphatic carbocycles. The third-order valence-corrected chi connectivity index (χ3v) is 5.15. The zero-order valence-corrected chi connectivity index (χ0v) is 19.6. The minimum atomic E-state index is -0.251. The van der Waals surface area contributed by atoms with Crippen LogP contribution in [0.4, 0.5) is 10.5 Å². The van der Waals surface area contributed by atoms with Crippen molar-refractivity contribution in [2.45, 2.75) is 19.9 Å². The first-order valence-corrected chi connectivity index (χ1v) is 10.9. The lowest BCUT2D eigenvalue weighted by atomic mass is 10.1. The molecule has 174 valence electrons. The Kier molecular flexibility index (Phi) is 8.30. The molecule has 2 amide bonds. The molecule has 0 radical (unpaired) electrons. The van der Waals surface area contributed by atoms with Gasteiger partial charge in [-0.25, -0.2) is 4.79 Å². The molecule has 0 atom stereocenters. The molecular formula is C25H31N5O3. The van der Waals surface area contributed by atoms with Gasteiger partial charge in [0.1, 0.15) is 18.4 Å². The van der Waals surface area contributed by atoms with Crippen molar-refractivity contribution in [2.75, 3.05) is 45.8 Å². The number of hydrogen-bond acceptors (Lipinski definition) is 5. The van der Waals surface area contributed by atoms with Crippen LogP contribution in [0, 0.1) is 11.3 Å². The number of rotatable bonds is 10. The summed E-state index contributed by atoms with van der Waals surface area (Å²) in [5, 5.41) is 16.2. The summed E-state index contributed by atoms with van der Waals surface area (Å²) in [4.78, 5) is 17.4. The monoisotopic (exact) mass is 449 g/mol. The van der Waals surface area contributed by atoms with Gasteiger partial charge >= 0.3 is 6.03 Å². The number of nitriles is 1. The maximum Gasteiger partial charge on any atom is 0.319 e. The van der Waals surface area contributed by atoms with E-state index in [-0.39, 0.29) is 12.1 Å². The average molecular weight is 450 g/mol. The van der Waals surface area contributed by atoms with Crippen LogP contribution < -0.4 is 15.4 Å². The van der Waals surface area contributed by atoms with Gasteiger partial charge < -0.3 is 30.0 Å². The molecule has 0 spiro atoms. The zero-order chi connectivity index (χ0) is 23.8. The maximum absolute atomic E-state index is 11.9. The Balaban J connectivity index is 1.73. The van der Waals surface area contributed by atoms with E-state index in [1.807, 2.05) is 63.4 Å². The first kappa shape index (κ1) is 24.1. The Labute approximate surface area is 194 Å². The van der Waals surface area contributed by atoms with Crippen LogP contribution in [0.1, 0.15) is 19.4 Å². The van der Waals surface area contributed by atoms with Gasteiger partial charge in [-0.1, -0.05) is 12.1 Å². The van der Waals surface area contributed by atoms with E-state index in [9.17, 15) is 10.1 Å². The standard InChI is InChI=1S/C25H31N5O3/c1-17(2)27-25(31)28-19-7-5-18(6-8-19)24-22(16-26)21-10-9-20(15-23(21)29-24)33-14-12-30(3)11-13-32-4/h5-10,15,17,29H,11-14H2,1-4H3,(H2,27,28,31). The number of benzene rings is 2. The summed E-state index contributed by atoms with van der Waals surface area (Å²) in [6.45, 7) is 6.69. The fourth-order valence-electron chi connectivity index (χ4n) is 3.43. The molecule has 1 aromatic heterocycles. The molecule has 1 heterocycles. The van der Waals surface area contributed by atoms with Crippen molar-refractivity contribution in [3.05, 3.63) is 48.0 Å². The number of likely N-dealkylation sites (N-methyl/N-ethyl adjacent to an activating group) is 1. The normalized spacial score (nSPS) is 11.1. The molecule has 0 bridgehead atoms. The van der Waals surface area contributed by atoms with Crippen LogP contribution in [0.25, 0.3) is 22.2 Å². The van der Waals surface area contributed by atoms with Gasteiger partial charge in [-0.3, -0.25) is 0 Å². The molecule has 0 aliphatic heterocycles. The number of aromatic amines is 1. The Morgan fingerprint density at radius 1 is 1.15 bits per heavy atom. The SMILES string of the molecule is COCCN(C)CCOc1ccc2c(C#N)c(-c3ccc(NC(=O)NC(C)C)cc3)[nH]c2c1. The third-order valence-electron chi connectivity index (χ3n) is 5.15. The lowest BCUT2D eigenvalue weighted by Crippen LogP contribution is -2.34. The third kappa shape index (κ3) is 6.48. The number of anilines is 1. The second kappa shape index (κ2) is 11.4. The van der Waals surface area contributed by atoms with Crippen LogP contribution in [0.15, 0.2) is 42.5 Å². The topological polar surface area (TPSA) is 102 Å². The number of nitrogens with one attached hydrogen (secondary N) is 3. The van der Waals surface area contributed by atoms with Crippen molar-refractivity contribution >= 4 is 22.6 Å². The van der Waals surface area contributed by atoms with Crippen molar-refractivity contribution in [3.63, 3.8) is 0 Å². The van der Waals surface area contributed by atoms with Gasteiger partial charge in [0.05, 0.1) is 23.4 Å². The molecule has 8 heteroatoms. The number of aromatic nitrogens is 1. The van der Waals surface area contributed by atoms with E-state index in [0.29, 0.717) is 24.5 Å². The van der Waals surface area contributed by atoms with Gasteiger partial charge in [0, 0.05) is 43.4 Å². The lowest BCUT2D eigenvalue weighted by molar-refractivity contribution is 0.150. The summed E-state index contributed by atoms with van der Waals surface area (Å²) < 4.78 is 11.0. The largest absolute Gasteiger partial charge is 0.492 e. The van der Waals surface area contributed by atoms with Crippen LogP contribution in [0.5, 0.6) is 5.75 Å². The van der Waals surface area contributed by atoms with E-state index in [0.717, 1.165) is 41.0 Å². The molecule has 33 heavy (non-hydrogen) atoms.